The molecule has 2 aliphatic rings. The molecule has 1 aromatic heterocycles. The summed E-state index contributed by atoms with van der Waals surface area (Å²) in [5.41, 5.74) is 2.01. The van der Waals surface area contributed by atoms with Crippen molar-refractivity contribution in [1.82, 2.24) is 20.5 Å². The van der Waals surface area contributed by atoms with Gasteiger partial charge in [0.15, 0.2) is 0 Å². The summed E-state index contributed by atoms with van der Waals surface area (Å²) in [6.07, 6.45) is 2.69. The Balaban J connectivity index is 1.03. The van der Waals surface area contributed by atoms with Gasteiger partial charge in [-0.2, -0.15) is 0 Å². The summed E-state index contributed by atoms with van der Waals surface area (Å²) in [5, 5.41) is 28.1. The predicted molar refractivity (Wildman–Crippen MR) is 139 cm³/mol. The normalized spacial score (nSPS) is 21.4. The SMILES string of the molecule is O=C(CCN1CCC(NC[C@H](O)c2ccc(O)c3[nH]c(=O)ccc23)CC1)NC1C[C@H]1c1ccccc1. The van der Waals surface area contributed by atoms with E-state index in [2.05, 4.69) is 32.7 Å². The van der Waals surface area contributed by atoms with Gasteiger partial charge in [0.05, 0.1) is 11.6 Å². The van der Waals surface area contributed by atoms with E-state index in [0.29, 0.717) is 41.4 Å². The monoisotopic (exact) mass is 490 g/mol. The number of aliphatic hydroxyl groups excluding tert-OH is 1. The van der Waals surface area contributed by atoms with Gasteiger partial charge in [-0.25, -0.2) is 0 Å². The Hall–Kier alpha value is -3.20. The summed E-state index contributed by atoms with van der Waals surface area (Å²) in [5.74, 6) is 0.569. The molecule has 1 saturated heterocycles. The number of likely N-dealkylation sites (tertiary alicyclic amines) is 1. The first-order chi connectivity index (χ1) is 17.5. The summed E-state index contributed by atoms with van der Waals surface area (Å²) in [7, 11) is 0. The second-order valence-corrected chi connectivity index (χ2v) is 10.0. The zero-order chi connectivity index (χ0) is 25.1. The van der Waals surface area contributed by atoms with Gasteiger partial charge in [-0.3, -0.25) is 9.59 Å². The highest BCUT2D eigenvalue weighted by molar-refractivity contribution is 5.87. The molecule has 0 bridgehead atoms. The van der Waals surface area contributed by atoms with Crippen molar-refractivity contribution in [3.05, 3.63) is 76.1 Å². The number of nitrogens with one attached hydrogen (secondary N) is 3. The Morgan fingerprint density at radius 1 is 1.08 bits per heavy atom. The topological polar surface area (TPSA) is 118 Å². The van der Waals surface area contributed by atoms with Crippen molar-refractivity contribution in [3.8, 4) is 5.75 Å². The lowest BCUT2D eigenvalue weighted by molar-refractivity contribution is -0.121. The second kappa shape index (κ2) is 10.8. The minimum atomic E-state index is -0.761. The molecule has 1 aliphatic carbocycles. The number of phenols is 1. The van der Waals surface area contributed by atoms with Crippen LogP contribution in [0.2, 0.25) is 0 Å². The van der Waals surface area contributed by atoms with Gasteiger partial charge in [0.1, 0.15) is 5.75 Å². The van der Waals surface area contributed by atoms with Crippen molar-refractivity contribution >= 4 is 16.8 Å². The van der Waals surface area contributed by atoms with Crippen molar-refractivity contribution in [2.45, 2.75) is 49.8 Å². The maximum absolute atomic E-state index is 12.4. The van der Waals surface area contributed by atoms with Crippen LogP contribution in [-0.2, 0) is 4.79 Å². The summed E-state index contributed by atoms with van der Waals surface area (Å²) in [6, 6.07) is 17.1. The number of piperidine rings is 1. The van der Waals surface area contributed by atoms with E-state index in [0.717, 1.165) is 38.9 Å². The molecule has 36 heavy (non-hydrogen) atoms. The van der Waals surface area contributed by atoms with Gasteiger partial charge in [0.25, 0.3) is 0 Å². The fraction of sp³-hybridized carbons (Fsp3) is 0.429. The molecule has 8 nitrogen and oxygen atoms in total. The molecule has 5 rings (SSSR count). The lowest BCUT2D eigenvalue weighted by Crippen LogP contribution is -2.44. The number of nitrogens with zero attached hydrogens (tertiary/aromatic N) is 1. The van der Waals surface area contributed by atoms with Crippen molar-refractivity contribution in [3.63, 3.8) is 0 Å². The van der Waals surface area contributed by atoms with Crippen LogP contribution in [0.5, 0.6) is 5.75 Å². The van der Waals surface area contributed by atoms with E-state index in [9.17, 15) is 19.8 Å². The maximum Gasteiger partial charge on any atom is 0.248 e. The van der Waals surface area contributed by atoms with Crippen LogP contribution in [-0.4, -0.2) is 64.3 Å². The minimum absolute atomic E-state index is 0.0131. The number of H-pyrrole nitrogens is 1. The molecule has 8 heteroatoms. The molecule has 2 heterocycles. The van der Waals surface area contributed by atoms with Gasteiger partial charge in [0, 0.05) is 49.0 Å². The molecule has 3 atom stereocenters. The number of aromatic amines is 1. The Bertz CT molecular complexity index is 1250. The summed E-state index contributed by atoms with van der Waals surface area (Å²) >= 11 is 0. The maximum atomic E-state index is 12.4. The van der Waals surface area contributed by atoms with Crippen molar-refractivity contribution in [1.29, 1.82) is 0 Å². The van der Waals surface area contributed by atoms with Gasteiger partial charge < -0.3 is 30.7 Å². The molecule has 0 radical (unpaired) electrons. The number of fused-ring (bicyclic) bond motifs is 1. The van der Waals surface area contributed by atoms with E-state index in [-0.39, 0.29) is 23.3 Å². The number of pyridine rings is 1. The number of aliphatic hydroxyl groups is 1. The molecule has 5 N–H and O–H groups in total. The quantitative estimate of drug-likeness (QED) is 0.314. The third kappa shape index (κ3) is 5.78. The largest absolute Gasteiger partial charge is 0.506 e. The number of carbonyl (C=O) groups excluding carboxylic acids is 1. The molecule has 190 valence electrons. The third-order valence-corrected chi connectivity index (χ3v) is 7.47. The van der Waals surface area contributed by atoms with Gasteiger partial charge in [0.2, 0.25) is 11.5 Å². The minimum Gasteiger partial charge on any atom is -0.506 e. The van der Waals surface area contributed by atoms with E-state index < -0.39 is 6.10 Å². The standard InChI is InChI=1S/C28H34N4O4/c33-24-8-6-20(21-7-9-26(35)31-28(21)24)25(34)17-29-19-10-13-32(14-11-19)15-12-27(36)30-23-16-22(23)18-4-2-1-3-5-18/h1-9,19,22-23,25,29,33-34H,10-17H2,(H,30,36)(H,31,35)/t22-,23?,25-/m0/s1. The number of phenolic OH excluding ortho intramolecular Hbond substituents is 1. The van der Waals surface area contributed by atoms with Crippen molar-refractivity contribution in [2.75, 3.05) is 26.2 Å². The van der Waals surface area contributed by atoms with E-state index in [1.165, 1.54) is 17.7 Å². The zero-order valence-corrected chi connectivity index (χ0v) is 20.3. The van der Waals surface area contributed by atoms with Crippen LogP contribution < -0.4 is 16.2 Å². The molecule has 3 aromatic rings. The van der Waals surface area contributed by atoms with Crippen molar-refractivity contribution in [2.24, 2.45) is 0 Å². The average Bonchev–Trinajstić information content (AvgIpc) is 3.66. The first kappa shape index (κ1) is 24.5. The van der Waals surface area contributed by atoms with Crippen LogP contribution >= 0.6 is 0 Å². The number of hydrogen-bond donors (Lipinski definition) is 5. The van der Waals surface area contributed by atoms with Crippen LogP contribution in [0.25, 0.3) is 10.9 Å². The summed E-state index contributed by atoms with van der Waals surface area (Å²) in [4.78, 5) is 29.0. The number of aromatic nitrogens is 1. The molecule has 1 unspecified atom stereocenters. The fourth-order valence-electron chi connectivity index (χ4n) is 5.26. The van der Waals surface area contributed by atoms with E-state index in [1.54, 1.807) is 12.1 Å². The van der Waals surface area contributed by atoms with Crippen LogP contribution in [0.1, 0.15) is 48.8 Å². The Morgan fingerprint density at radius 3 is 2.64 bits per heavy atom. The fourth-order valence-corrected chi connectivity index (χ4v) is 5.26. The lowest BCUT2D eigenvalue weighted by atomic mass is 10.0. The van der Waals surface area contributed by atoms with Crippen molar-refractivity contribution < 1.29 is 15.0 Å². The first-order valence-corrected chi connectivity index (χ1v) is 12.8. The molecule has 2 fully saturated rings. The molecule has 1 saturated carbocycles. The van der Waals surface area contributed by atoms with Gasteiger partial charge in [-0.15, -0.1) is 0 Å². The molecule has 0 spiro atoms. The van der Waals surface area contributed by atoms with Gasteiger partial charge in [-0.05, 0) is 55.6 Å². The second-order valence-electron chi connectivity index (χ2n) is 10.0. The summed E-state index contributed by atoms with van der Waals surface area (Å²) in [6.45, 7) is 2.98. The average molecular weight is 491 g/mol. The van der Waals surface area contributed by atoms with Crippen LogP contribution in [0.15, 0.2) is 59.4 Å². The number of hydrogen-bond acceptors (Lipinski definition) is 6. The molecule has 1 aliphatic heterocycles. The van der Waals surface area contributed by atoms with E-state index >= 15 is 0 Å². The zero-order valence-electron chi connectivity index (χ0n) is 20.3. The Labute approximate surface area is 210 Å². The van der Waals surface area contributed by atoms with E-state index in [1.807, 2.05) is 18.2 Å². The number of benzene rings is 2. The number of amides is 1. The van der Waals surface area contributed by atoms with Gasteiger partial charge in [-0.1, -0.05) is 36.4 Å². The number of rotatable bonds is 9. The highest BCUT2D eigenvalue weighted by atomic mass is 16.3. The van der Waals surface area contributed by atoms with Gasteiger partial charge >= 0.3 is 0 Å². The lowest BCUT2D eigenvalue weighted by Gasteiger charge is -2.32. The highest BCUT2D eigenvalue weighted by Gasteiger charge is 2.39. The van der Waals surface area contributed by atoms with E-state index in [4.69, 9.17) is 0 Å². The predicted octanol–water partition coefficient (Wildman–Crippen LogP) is 2.38. The summed E-state index contributed by atoms with van der Waals surface area (Å²) < 4.78 is 0. The highest BCUT2D eigenvalue weighted by Crippen LogP contribution is 2.40. The number of carbonyl (C=O) groups is 1. The van der Waals surface area contributed by atoms with Crippen LogP contribution in [0, 0.1) is 0 Å². The smallest absolute Gasteiger partial charge is 0.248 e. The molecule has 1 amide bonds. The Kier molecular flexibility index (Phi) is 7.36. The number of aromatic hydroxyl groups is 1. The molecule has 2 aromatic carbocycles. The molecular weight excluding hydrogens is 456 g/mol. The van der Waals surface area contributed by atoms with Crippen LogP contribution in [0.3, 0.4) is 0 Å². The molecular formula is C28H34N4O4. The third-order valence-electron chi connectivity index (χ3n) is 7.47. The van der Waals surface area contributed by atoms with Crippen LogP contribution in [0.4, 0.5) is 0 Å². The first-order valence-electron chi connectivity index (χ1n) is 12.8. The Morgan fingerprint density at radius 2 is 1.86 bits per heavy atom.